The first-order chi connectivity index (χ1) is 17.5. The van der Waals surface area contributed by atoms with Gasteiger partial charge in [-0.05, 0) is 30.9 Å². The van der Waals surface area contributed by atoms with Gasteiger partial charge >= 0.3 is 11.9 Å². The number of hydrogen-bond donors (Lipinski definition) is 8. The first-order valence-corrected chi connectivity index (χ1v) is 12.3. The summed E-state index contributed by atoms with van der Waals surface area (Å²) in [6.45, 7) is 1.36. The van der Waals surface area contributed by atoms with Crippen molar-refractivity contribution in [2.75, 3.05) is 6.61 Å². The second-order valence-corrected chi connectivity index (χ2v) is 8.64. The number of ketones is 1. The van der Waals surface area contributed by atoms with E-state index in [2.05, 4.69) is 6.92 Å². The third-order valence-electron chi connectivity index (χ3n) is 5.54. The van der Waals surface area contributed by atoms with Crippen LogP contribution in [0.2, 0.25) is 0 Å². The van der Waals surface area contributed by atoms with Crippen LogP contribution in [0, 0.1) is 0 Å². The van der Waals surface area contributed by atoms with Crippen molar-refractivity contribution in [1.29, 1.82) is 0 Å². The number of hydrogen-bond acceptors (Lipinski definition) is 9. The van der Waals surface area contributed by atoms with E-state index in [1.807, 2.05) is 6.08 Å². The molecule has 1 rings (SSSR count). The van der Waals surface area contributed by atoms with E-state index in [1.165, 1.54) is 32.1 Å². The predicted octanol–water partition coefficient (Wildman–Crippen LogP) is 0.637. The maximum atomic E-state index is 12.3. The Morgan fingerprint density at radius 2 is 1.49 bits per heavy atom. The fourth-order valence-corrected chi connectivity index (χ4v) is 3.25. The summed E-state index contributed by atoms with van der Waals surface area (Å²) >= 11 is 0. The summed E-state index contributed by atoms with van der Waals surface area (Å²) in [7, 11) is 0. The summed E-state index contributed by atoms with van der Waals surface area (Å²) < 4.78 is 0. The largest absolute Gasteiger partial charge is 0.480 e. The molecular formula is C26H41NO10. The number of aliphatic hydroxyl groups is 5. The topological polar surface area (TPSA) is 219 Å². The Morgan fingerprint density at radius 1 is 0.892 bits per heavy atom. The second kappa shape index (κ2) is 19.4. The van der Waals surface area contributed by atoms with Gasteiger partial charge in [0.15, 0.2) is 11.9 Å². The quantitative estimate of drug-likeness (QED) is 0.0798. The van der Waals surface area contributed by atoms with Crippen LogP contribution < -0.4 is 5.73 Å². The third kappa shape index (κ3) is 14.0. The van der Waals surface area contributed by atoms with Gasteiger partial charge in [-0.2, -0.15) is 0 Å². The molecule has 37 heavy (non-hydrogen) atoms. The molecule has 0 aliphatic rings. The Bertz CT molecular complexity index is 844. The minimum atomic E-state index is -2.20. The fraction of sp³-hybridized carbons (Fsp3) is 0.577. The van der Waals surface area contributed by atoms with Crippen LogP contribution in [0.5, 0.6) is 0 Å². The molecule has 0 heterocycles. The SMILES string of the molecule is CCCCCCCC/C=C/C(=O)c1ccccc1CC(N)C(=O)O.O=C(O)C(O)C(O)C(O)C(O)CO. The number of rotatable bonds is 17. The maximum Gasteiger partial charge on any atom is 0.335 e. The second-order valence-electron chi connectivity index (χ2n) is 8.64. The molecule has 0 fully saturated rings. The first kappa shape index (κ1) is 34.3. The van der Waals surface area contributed by atoms with Crippen molar-refractivity contribution in [2.24, 2.45) is 5.73 Å². The van der Waals surface area contributed by atoms with E-state index in [0.29, 0.717) is 11.1 Å². The molecule has 0 aliphatic heterocycles. The number of carboxylic acids is 2. The molecule has 9 N–H and O–H groups in total. The molecule has 0 saturated carbocycles. The fourth-order valence-electron chi connectivity index (χ4n) is 3.25. The van der Waals surface area contributed by atoms with Crippen molar-refractivity contribution in [3.63, 3.8) is 0 Å². The molecule has 0 radical (unpaired) electrons. The van der Waals surface area contributed by atoms with Crippen LogP contribution in [0.25, 0.3) is 0 Å². The van der Waals surface area contributed by atoms with Gasteiger partial charge in [-0.15, -0.1) is 0 Å². The normalized spacial score (nSPS) is 15.2. The number of carbonyl (C=O) groups excluding carboxylic acids is 1. The number of aliphatic hydroxyl groups excluding tert-OH is 5. The lowest BCUT2D eigenvalue weighted by Gasteiger charge is -2.23. The lowest BCUT2D eigenvalue weighted by Crippen LogP contribution is -2.48. The summed E-state index contributed by atoms with van der Waals surface area (Å²) in [6.07, 6.45) is 4.10. The highest BCUT2D eigenvalue weighted by Crippen LogP contribution is 2.13. The van der Waals surface area contributed by atoms with Gasteiger partial charge in [-0.1, -0.05) is 69.4 Å². The standard InChI is InChI=1S/C20H29NO3.C6H12O7/c1-2-3-4-5-6-7-8-9-14-19(22)17-13-11-10-12-16(17)15-18(21)20(23)24;7-1-2(8)3(9)4(10)5(11)6(12)13/h9-14,18H,2-8,15,21H2,1H3,(H,23,24);2-5,7-11H,1H2,(H,12,13)/b14-9+;. The van der Waals surface area contributed by atoms with Gasteiger partial charge in [0, 0.05) is 5.56 Å². The Kier molecular flexibility index (Phi) is 18.0. The zero-order valence-corrected chi connectivity index (χ0v) is 21.1. The minimum absolute atomic E-state index is 0.0887. The number of nitrogens with two attached hydrogens (primary N) is 1. The van der Waals surface area contributed by atoms with E-state index in [1.54, 1.807) is 30.3 Å². The molecule has 1 aromatic rings. The van der Waals surface area contributed by atoms with Crippen molar-refractivity contribution in [3.05, 3.63) is 47.5 Å². The molecule has 0 amide bonds. The van der Waals surface area contributed by atoms with Crippen molar-refractivity contribution in [3.8, 4) is 0 Å². The van der Waals surface area contributed by atoms with Gasteiger partial charge in [0.05, 0.1) is 6.61 Å². The number of allylic oxidation sites excluding steroid dienone is 2. The Morgan fingerprint density at radius 3 is 2.05 bits per heavy atom. The lowest BCUT2D eigenvalue weighted by molar-refractivity contribution is -0.164. The van der Waals surface area contributed by atoms with E-state index in [0.717, 1.165) is 12.8 Å². The number of benzene rings is 1. The van der Waals surface area contributed by atoms with Crippen LogP contribution in [0.3, 0.4) is 0 Å². The van der Waals surface area contributed by atoms with Crippen LogP contribution in [0.4, 0.5) is 0 Å². The highest BCUT2D eigenvalue weighted by molar-refractivity contribution is 6.05. The Labute approximate surface area is 216 Å². The average molecular weight is 528 g/mol. The monoisotopic (exact) mass is 527 g/mol. The molecule has 0 aromatic heterocycles. The molecule has 5 atom stereocenters. The van der Waals surface area contributed by atoms with E-state index < -0.39 is 49.0 Å². The van der Waals surface area contributed by atoms with Crippen LogP contribution in [-0.2, 0) is 16.0 Å². The van der Waals surface area contributed by atoms with Gasteiger partial charge in [0.1, 0.15) is 24.4 Å². The third-order valence-corrected chi connectivity index (χ3v) is 5.54. The highest BCUT2D eigenvalue weighted by atomic mass is 16.4. The van der Waals surface area contributed by atoms with Crippen molar-refractivity contribution in [1.82, 2.24) is 0 Å². The van der Waals surface area contributed by atoms with Gasteiger partial charge in [0.2, 0.25) is 0 Å². The van der Waals surface area contributed by atoms with Crippen LogP contribution in [-0.4, -0.2) is 90.5 Å². The van der Waals surface area contributed by atoms with Gasteiger partial charge in [-0.25, -0.2) is 4.79 Å². The molecule has 210 valence electrons. The summed E-state index contributed by atoms with van der Waals surface area (Å²) in [4.78, 5) is 33.3. The molecule has 0 aliphatic carbocycles. The molecule has 1 aromatic carbocycles. The van der Waals surface area contributed by atoms with Crippen LogP contribution in [0.15, 0.2) is 36.4 Å². The van der Waals surface area contributed by atoms with Gasteiger partial charge in [0.25, 0.3) is 0 Å². The summed E-state index contributed by atoms with van der Waals surface area (Å²) in [5.74, 6) is -2.87. The minimum Gasteiger partial charge on any atom is -0.480 e. The zero-order chi connectivity index (χ0) is 28.4. The average Bonchev–Trinajstić information content (AvgIpc) is 2.88. The summed E-state index contributed by atoms with van der Waals surface area (Å²) in [5.41, 5.74) is 6.80. The van der Waals surface area contributed by atoms with E-state index >= 15 is 0 Å². The number of unbranched alkanes of at least 4 members (excludes halogenated alkanes) is 6. The van der Waals surface area contributed by atoms with Crippen molar-refractivity contribution >= 4 is 17.7 Å². The Hall–Kier alpha value is -2.67. The maximum absolute atomic E-state index is 12.3. The molecule has 0 spiro atoms. The van der Waals surface area contributed by atoms with Gasteiger partial charge in [-0.3, -0.25) is 9.59 Å². The number of carboxylic acid groups (broad SMARTS) is 2. The first-order valence-electron chi connectivity index (χ1n) is 12.3. The summed E-state index contributed by atoms with van der Waals surface area (Å²) in [5, 5.41) is 60.7. The number of carbonyl (C=O) groups is 3. The van der Waals surface area contributed by atoms with E-state index in [-0.39, 0.29) is 12.2 Å². The van der Waals surface area contributed by atoms with Crippen LogP contribution in [0.1, 0.15) is 67.8 Å². The Balaban J connectivity index is 0.000000845. The van der Waals surface area contributed by atoms with Crippen molar-refractivity contribution < 1.29 is 50.1 Å². The summed E-state index contributed by atoms with van der Waals surface area (Å²) in [6, 6.07) is 6.07. The molecule has 11 nitrogen and oxygen atoms in total. The smallest absolute Gasteiger partial charge is 0.335 e. The number of aliphatic carboxylic acids is 2. The lowest BCUT2D eigenvalue weighted by atomic mass is 9.97. The predicted molar refractivity (Wildman–Crippen MR) is 136 cm³/mol. The molecule has 11 heteroatoms. The van der Waals surface area contributed by atoms with E-state index in [9.17, 15) is 14.4 Å². The molecule has 5 unspecified atom stereocenters. The zero-order valence-electron chi connectivity index (χ0n) is 21.1. The molecule has 0 bridgehead atoms. The van der Waals surface area contributed by atoms with Gasteiger partial charge < -0.3 is 41.5 Å². The molecule has 0 saturated heterocycles. The van der Waals surface area contributed by atoms with Crippen LogP contribution >= 0.6 is 0 Å². The van der Waals surface area contributed by atoms with E-state index in [4.69, 9.17) is 41.5 Å². The molecular weight excluding hydrogens is 486 g/mol. The van der Waals surface area contributed by atoms with Crippen molar-refractivity contribution in [2.45, 2.75) is 88.7 Å². The highest BCUT2D eigenvalue weighted by Gasteiger charge is 2.33.